The van der Waals surface area contributed by atoms with E-state index in [1.54, 1.807) is 0 Å². The molecule has 25 heavy (non-hydrogen) atoms. The number of hydrogen-bond donors (Lipinski definition) is 2. The lowest BCUT2D eigenvalue weighted by Gasteiger charge is -1.86. The normalized spacial score (nSPS) is 8.96. The van der Waals surface area contributed by atoms with Crippen LogP contribution in [0.3, 0.4) is 0 Å². The molecule has 152 valence electrons. The molecule has 0 aliphatic carbocycles. The van der Waals surface area contributed by atoms with Crippen molar-refractivity contribution >= 4 is 6.41 Å². The number of rotatable bonds is 7. The van der Waals surface area contributed by atoms with Crippen molar-refractivity contribution in [2.75, 3.05) is 13.1 Å². The fraction of sp³-hybridized carbons (Fsp3) is 0.682. The lowest BCUT2D eigenvalue weighted by Crippen LogP contribution is -2.10. The zero-order valence-corrected chi connectivity index (χ0v) is 18.7. The van der Waals surface area contributed by atoms with Gasteiger partial charge in [-0.1, -0.05) is 96.8 Å². The first kappa shape index (κ1) is 34.9. The molecular weight excluding hydrogens is 308 g/mol. The van der Waals surface area contributed by atoms with Crippen LogP contribution in [0, 0.1) is 0 Å². The Bertz CT molecular complexity index is 280. The summed E-state index contributed by atoms with van der Waals surface area (Å²) >= 11 is 0. The van der Waals surface area contributed by atoms with Gasteiger partial charge in [0.05, 0.1) is 0 Å². The third-order valence-corrected chi connectivity index (χ3v) is 2.27. The lowest BCUT2D eigenvalue weighted by molar-refractivity contribution is -0.109. The van der Waals surface area contributed by atoms with Gasteiger partial charge in [0, 0.05) is 6.54 Å². The Morgan fingerprint density at radius 2 is 1.44 bits per heavy atom. The van der Waals surface area contributed by atoms with Gasteiger partial charge in [-0.25, -0.2) is 0 Å². The molecule has 0 bridgehead atoms. The van der Waals surface area contributed by atoms with Gasteiger partial charge < -0.3 is 11.1 Å². The summed E-state index contributed by atoms with van der Waals surface area (Å²) in [5.74, 6) is 0. The van der Waals surface area contributed by atoms with Crippen LogP contribution in [-0.2, 0) is 4.79 Å². The van der Waals surface area contributed by atoms with Crippen LogP contribution in [-0.4, -0.2) is 19.5 Å². The molecule has 0 aromatic carbocycles. The predicted molar refractivity (Wildman–Crippen MR) is 119 cm³/mol. The van der Waals surface area contributed by atoms with E-state index in [-0.39, 0.29) is 0 Å². The van der Waals surface area contributed by atoms with Gasteiger partial charge >= 0.3 is 0 Å². The number of hydrogen-bond acceptors (Lipinski definition) is 2. The van der Waals surface area contributed by atoms with Crippen molar-refractivity contribution in [2.45, 2.75) is 88.0 Å². The highest BCUT2D eigenvalue weighted by Crippen LogP contribution is 1.97. The minimum atomic E-state index is 0.712. The minimum absolute atomic E-state index is 0.712. The molecule has 1 amide bonds. The van der Waals surface area contributed by atoms with Crippen LogP contribution in [0.4, 0.5) is 0 Å². The van der Waals surface area contributed by atoms with E-state index in [2.05, 4.69) is 44.8 Å². The Labute approximate surface area is 159 Å². The average molecular weight is 357 g/mol. The van der Waals surface area contributed by atoms with Crippen LogP contribution >= 0.6 is 0 Å². The molecule has 0 radical (unpaired) electrons. The average Bonchev–Trinajstić information content (AvgIpc) is 2.62. The van der Waals surface area contributed by atoms with Crippen LogP contribution in [0.2, 0.25) is 0 Å². The second-order valence-corrected chi connectivity index (χ2v) is 5.05. The molecule has 0 aliphatic heterocycles. The van der Waals surface area contributed by atoms with E-state index in [4.69, 9.17) is 5.73 Å². The summed E-state index contributed by atoms with van der Waals surface area (Å²) in [6.07, 6.45) is 11.9. The summed E-state index contributed by atoms with van der Waals surface area (Å²) in [6, 6.07) is 0. The van der Waals surface area contributed by atoms with Crippen molar-refractivity contribution < 1.29 is 4.79 Å². The summed E-state index contributed by atoms with van der Waals surface area (Å²) < 4.78 is 0. The molecule has 0 saturated heterocycles. The van der Waals surface area contributed by atoms with Gasteiger partial charge in [-0.3, -0.25) is 4.79 Å². The van der Waals surface area contributed by atoms with Crippen molar-refractivity contribution in [2.24, 2.45) is 5.73 Å². The second-order valence-electron chi connectivity index (χ2n) is 5.05. The summed E-state index contributed by atoms with van der Waals surface area (Å²) in [7, 11) is 0. The highest BCUT2D eigenvalue weighted by molar-refractivity contribution is 5.45. The van der Waals surface area contributed by atoms with Crippen LogP contribution < -0.4 is 11.1 Å². The Morgan fingerprint density at radius 1 is 1.00 bits per heavy atom. The molecule has 0 unspecified atom stereocenters. The molecule has 0 aromatic heterocycles. The van der Waals surface area contributed by atoms with Crippen LogP contribution in [0.1, 0.15) is 88.0 Å². The fourth-order valence-electron chi connectivity index (χ4n) is 0.927. The van der Waals surface area contributed by atoms with Gasteiger partial charge in [-0.05, 0) is 33.7 Å². The molecule has 0 spiro atoms. The van der Waals surface area contributed by atoms with Crippen LogP contribution in [0.15, 0.2) is 36.0 Å². The molecular formula is C22H48N2O. The highest BCUT2D eigenvalue weighted by Gasteiger charge is 1.76. The minimum Gasteiger partial charge on any atom is -0.359 e. The standard InChI is InChI=1S/C9H14.C5H12.C4H9NO.C2H7N.C2H6/c1-5-9(4)7-6-8(2)3;1-3-5-4-2;1-2-3-5-4-6;1-2-3;1-2/h5-7H,2H2,1,3-4H3;3-5H2,1-2H3;4H,2-3H2,1H3,(H,5,6);2-3H2,1H3;1-2H3/b7-6-,9-5-;;;;. The van der Waals surface area contributed by atoms with E-state index in [1.807, 2.05) is 47.6 Å². The third-order valence-electron chi connectivity index (χ3n) is 2.27. The SMILES string of the molecule is C=C(C)/C=C\C(C)=C/C.CC.CCCCC.CCCNC=O.CCN. The Kier molecular flexibility index (Phi) is 60.5. The van der Waals surface area contributed by atoms with E-state index < -0.39 is 0 Å². The van der Waals surface area contributed by atoms with Crippen LogP contribution in [0.5, 0.6) is 0 Å². The monoisotopic (exact) mass is 356 g/mol. The largest absolute Gasteiger partial charge is 0.359 e. The summed E-state index contributed by atoms with van der Waals surface area (Å²) in [5.41, 5.74) is 7.22. The molecule has 0 aromatic rings. The summed E-state index contributed by atoms with van der Waals surface area (Å²) in [4.78, 5) is 9.45. The number of unbranched alkanes of at least 4 members (excludes halogenated alkanes) is 2. The summed E-state index contributed by atoms with van der Waals surface area (Å²) in [6.45, 7) is 23.7. The molecule has 0 rings (SSSR count). The number of allylic oxidation sites excluding steroid dienone is 5. The first-order chi connectivity index (χ1) is 11.9. The predicted octanol–water partition coefficient (Wildman–Crippen LogP) is 6.42. The van der Waals surface area contributed by atoms with Crippen molar-refractivity contribution in [1.82, 2.24) is 5.32 Å². The molecule has 0 heterocycles. The molecule has 3 nitrogen and oxygen atoms in total. The van der Waals surface area contributed by atoms with E-state index in [9.17, 15) is 4.79 Å². The second kappa shape index (κ2) is 43.3. The Morgan fingerprint density at radius 3 is 1.60 bits per heavy atom. The molecule has 0 aliphatic rings. The quantitative estimate of drug-likeness (QED) is 0.314. The number of nitrogens with two attached hydrogens (primary N) is 1. The highest BCUT2D eigenvalue weighted by atomic mass is 16.1. The van der Waals surface area contributed by atoms with Crippen molar-refractivity contribution in [3.05, 3.63) is 36.0 Å². The number of amides is 1. The Balaban J connectivity index is -0.0000000732. The van der Waals surface area contributed by atoms with Gasteiger partial charge in [0.2, 0.25) is 6.41 Å². The van der Waals surface area contributed by atoms with E-state index >= 15 is 0 Å². The van der Waals surface area contributed by atoms with Crippen LogP contribution in [0.25, 0.3) is 0 Å². The van der Waals surface area contributed by atoms with Gasteiger partial charge in [0.1, 0.15) is 0 Å². The maximum absolute atomic E-state index is 9.45. The molecule has 0 atom stereocenters. The van der Waals surface area contributed by atoms with Crippen molar-refractivity contribution in [3.8, 4) is 0 Å². The number of nitrogens with one attached hydrogen (secondary N) is 1. The maximum atomic E-state index is 9.45. The third kappa shape index (κ3) is 85.2. The van der Waals surface area contributed by atoms with Gasteiger partial charge in [0.25, 0.3) is 0 Å². The van der Waals surface area contributed by atoms with Crippen molar-refractivity contribution in [3.63, 3.8) is 0 Å². The summed E-state index contributed by atoms with van der Waals surface area (Å²) in [5, 5.41) is 2.52. The van der Waals surface area contributed by atoms with Gasteiger partial charge in [-0.2, -0.15) is 0 Å². The fourth-order valence-corrected chi connectivity index (χ4v) is 0.927. The molecule has 0 saturated carbocycles. The first-order valence-corrected chi connectivity index (χ1v) is 9.74. The van der Waals surface area contributed by atoms with E-state index in [0.29, 0.717) is 6.41 Å². The Hall–Kier alpha value is -1.35. The van der Waals surface area contributed by atoms with E-state index in [1.165, 1.54) is 24.8 Å². The van der Waals surface area contributed by atoms with Gasteiger partial charge in [0.15, 0.2) is 0 Å². The molecule has 0 fully saturated rings. The van der Waals surface area contributed by atoms with E-state index in [0.717, 1.165) is 25.1 Å². The first-order valence-electron chi connectivity index (χ1n) is 9.74. The lowest BCUT2D eigenvalue weighted by atomic mass is 10.2. The topological polar surface area (TPSA) is 55.1 Å². The smallest absolute Gasteiger partial charge is 0.207 e. The van der Waals surface area contributed by atoms with Crippen molar-refractivity contribution in [1.29, 1.82) is 0 Å². The van der Waals surface area contributed by atoms with Gasteiger partial charge in [-0.15, -0.1) is 0 Å². The molecule has 3 N–H and O–H groups in total. The number of carbonyl (C=O) groups is 1. The number of carbonyl (C=O) groups excluding carboxylic acids is 1. The zero-order valence-electron chi connectivity index (χ0n) is 18.7. The zero-order chi connectivity index (χ0) is 20.9. The molecule has 3 heteroatoms. The maximum Gasteiger partial charge on any atom is 0.207 e.